The summed E-state index contributed by atoms with van der Waals surface area (Å²) in [4.78, 5) is 26.6. The van der Waals surface area contributed by atoms with E-state index in [4.69, 9.17) is 11.6 Å². The van der Waals surface area contributed by atoms with Crippen LogP contribution in [0.1, 0.15) is 51.6 Å². The van der Waals surface area contributed by atoms with Gasteiger partial charge in [-0.05, 0) is 67.6 Å². The number of sulfonamides is 1. The highest BCUT2D eigenvalue weighted by Gasteiger charge is 2.50. The van der Waals surface area contributed by atoms with Crippen molar-refractivity contribution in [3.05, 3.63) is 69.2 Å². The predicted octanol–water partition coefficient (Wildman–Crippen LogP) is 3.49. The van der Waals surface area contributed by atoms with Crippen LogP contribution in [0.25, 0.3) is 0 Å². The third-order valence-electron chi connectivity index (χ3n) is 7.36. The second kappa shape index (κ2) is 10.7. The van der Waals surface area contributed by atoms with Crippen molar-refractivity contribution >= 4 is 33.4 Å². The maximum atomic E-state index is 13.2. The Morgan fingerprint density at radius 2 is 1.82 bits per heavy atom. The zero-order valence-electron chi connectivity index (χ0n) is 21.7. The summed E-state index contributed by atoms with van der Waals surface area (Å²) < 4.78 is 67.2. The molecule has 1 unspecified atom stereocenters. The first-order chi connectivity index (χ1) is 18.1. The van der Waals surface area contributed by atoms with E-state index < -0.39 is 39.4 Å². The van der Waals surface area contributed by atoms with Crippen molar-refractivity contribution in [1.82, 2.24) is 19.8 Å². The summed E-state index contributed by atoms with van der Waals surface area (Å²) in [6.07, 6.45) is -4.91. The number of hydrogen-bond acceptors (Lipinski definition) is 5. The minimum Gasteiger partial charge on any atom is -0.345 e. The van der Waals surface area contributed by atoms with E-state index in [0.29, 0.717) is 5.56 Å². The van der Waals surface area contributed by atoms with Crippen LogP contribution < -0.4 is 10.6 Å². The fourth-order valence-electron chi connectivity index (χ4n) is 5.00. The molecule has 1 spiro atoms. The Morgan fingerprint density at radius 1 is 1.15 bits per heavy atom. The second-order valence-corrected chi connectivity index (χ2v) is 12.7. The minimum absolute atomic E-state index is 0.0762. The molecule has 1 atom stereocenters. The van der Waals surface area contributed by atoms with E-state index in [1.807, 2.05) is 6.92 Å². The molecule has 4 rings (SSSR count). The number of halogens is 4. The third kappa shape index (κ3) is 6.08. The summed E-state index contributed by atoms with van der Waals surface area (Å²) in [5.74, 6) is -0.674. The average molecular weight is 587 g/mol. The highest BCUT2D eigenvalue weighted by Crippen LogP contribution is 2.37. The molecule has 8 nitrogen and oxygen atoms in total. The van der Waals surface area contributed by atoms with Gasteiger partial charge in [-0.2, -0.15) is 13.2 Å². The van der Waals surface area contributed by atoms with Gasteiger partial charge >= 0.3 is 6.18 Å². The average Bonchev–Trinajstić information content (AvgIpc) is 3.17. The zero-order chi connectivity index (χ0) is 28.8. The van der Waals surface area contributed by atoms with Gasteiger partial charge in [0.2, 0.25) is 15.9 Å². The van der Waals surface area contributed by atoms with Crippen molar-refractivity contribution in [3.8, 4) is 0 Å². The number of carbonyl (C=O) groups is 2. The Labute approximate surface area is 230 Å². The van der Waals surface area contributed by atoms with Crippen LogP contribution in [0, 0.1) is 6.92 Å². The number of alkyl halides is 3. The van der Waals surface area contributed by atoms with Crippen molar-refractivity contribution in [2.45, 2.75) is 44.1 Å². The summed E-state index contributed by atoms with van der Waals surface area (Å²) >= 11 is 6.15. The van der Waals surface area contributed by atoms with Gasteiger partial charge in [0, 0.05) is 43.3 Å². The molecule has 212 valence electrons. The molecule has 13 heteroatoms. The van der Waals surface area contributed by atoms with E-state index in [1.165, 1.54) is 9.21 Å². The largest absolute Gasteiger partial charge is 0.416 e. The minimum atomic E-state index is -4.57. The zero-order valence-corrected chi connectivity index (χ0v) is 23.3. The molecule has 0 saturated carbocycles. The van der Waals surface area contributed by atoms with Crippen LogP contribution in [0.5, 0.6) is 0 Å². The standard InChI is InChI=1S/C26H30ClF3N4O4S/c1-16-14-18(23(35)33(2)3)5-4-17(16)8-13-39(37,38)34-11-9-25(10-12-34)24(36)31-22(32-25)20-15-19(26(28,29)30)6-7-21(20)27/h4-7,14-15,22,32H,8-13H2,1-3H3,(H,31,36). The Kier molecular flexibility index (Phi) is 8.06. The molecular weight excluding hydrogens is 557 g/mol. The van der Waals surface area contributed by atoms with Gasteiger partial charge in [-0.15, -0.1) is 0 Å². The van der Waals surface area contributed by atoms with E-state index in [1.54, 1.807) is 32.3 Å². The van der Waals surface area contributed by atoms with Crippen molar-refractivity contribution < 1.29 is 31.2 Å². The van der Waals surface area contributed by atoms with Crippen LogP contribution in [0.2, 0.25) is 5.02 Å². The molecule has 0 aliphatic carbocycles. The van der Waals surface area contributed by atoms with Gasteiger partial charge in [0.1, 0.15) is 11.7 Å². The fourth-order valence-corrected chi connectivity index (χ4v) is 6.70. The summed E-state index contributed by atoms with van der Waals surface area (Å²) in [6, 6.07) is 8.11. The lowest BCUT2D eigenvalue weighted by molar-refractivity contribution is -0.137. The molecular formula is C26H30ClF3N4O4S. The maximum Gasteiger partial charge on any atom is 0.416 e. The Balaban J connectivity index is 1.40. The SMILES string of the molecule is Cc1cc(C(=O)N(C)C)ccc1CCS(=O)(=O)N1CCC2(CC1)NC(c1cc(C(F)(F)F)ccc1Cl)NC2=O. The summed E-state index contributed by atoms with van der Waals surface area (Å²) in [7, 11) is -0.326. The van der Waals surface area contributed by atoms with E-state index >= 15 is 0 Å². The van der Waals surface area contributed by atoms with Gasteiger partial charge in [-0.25, -0.2) is 12.7 Å². The van der Waals surface area contributed by atoms with E-state index in [9.17, 15) is 31.2 Å². The molecule has 39 heavy (non-hydrogen) atoms. The molecule has 2 aromatic carbocycles. The number of carbonyl (C=O) groups excluding carboxylic acids is 2. The van der Waals surface area contributed by atoms with Gasteiger partial charge in [0.05, 0.1) is 11.3 Å². The monoisotopic (exact) mass is 586 g/mol. The van der Waals surface area contributed by atoms with Gasteiger partial charge in [0.15, 0.2) is 0 Å². The normalized spacial score (nSPS) is 19.8. The second-order valence-electron chi connectivity index (χ2n) is 10.2. The van der Waals surface area contributed by atoms with Crippen LogP contribution >= 0.6 is 11.6 Å². The molecule has 2 fully saturated rings. The first kappa shape index (κ1) is 29.3. The molecule has 0 aromatic heterocycles. The summed E-state index contributed by atoms with van der Waals surface area (Å²) in [6.45, 7) is 2.00. The summed E-state index contributed by atoms with van der Waals surface area (Å²) in [5, 5.41) is 5.84. The molecule has 2 saturated heterocycles. The fraction of sp³-hybridized carbons (Fsp3) is 0.462. The Morgan fingerprint density at radius 3 is 2.41 bits per heavy atom. The van der Waals surface area contributed by atoms with Gasteiger partial charge in [-0.1, -0.05) is 17.7 Å². The number of rotatable bonds is 6. The van der Waals surface area contributed by atoms with Crippen LogP contribution in [0.3, 0.4) is 0 Å². The topological polar surface area (TPSA) is 98.8 Å². The van der Waals surface area contributed by atoms with Crippen molar-refractivity contribution in [3.63, 3.8) is 0 Å². The van der Waals surface area contributed by atoms with E-state index in [2.05, 4.69) is 10.6 Å². The molecule has 2 N–H and O–H groups in total. The van der Waals surface area contributed by atoms with Crippen LogP contribution in [-0.4, -0.2) is 67.9 Å². The Bertz CT molecular complexity index is 1390. The number of nitrogens with zero attached hydrogens (tertiary/aromatic N) is 2. The maximum absolute atomic E-state index is 13.2. The predicted molar refractivity (Wildman–Crippen MR) is 141 cm³/mol. The van der Waals surface area contributed by atoms with E-state index in [0.717, 1.165) is 29.3 Å². The molecule has 2 aliphatic heterocycles. The quantitative estimate of drug-likeness (QED) is 0.540. The van der Waals surface area contributed by atoms with E-state index in [-0.39, 0.29) is 54.6 Å². The van der Waals surface area contributed by atoms with Crippen molar-refractivity contribution in [2.24, 2.45) is 0 Å². The highest BCUT2D eigenvalue weighted by atomic mass is 35.5. The number of benzene rings is 2. The number of aryl methyl sites for hydroxylation is 2. The lowest BCUT2D eigenvalue weighted by Crippen LogP contribution is -2.55. The highest BCUT2D eigenvalue weighted by molar-refractivity contribution is 7.89. The molecule has 0 radical (unpaired) electrons. The van der Waals surface area contributed by atoms with Crippen molar-refractivity contribution in [2.75, 3.05) is 32.9 Å². The summed E-state index contributed by atoms with van der Waals surface area (Å²) in [5.41, 5.74) is 0.271. The number of nitrogens with one attached hydrogen (secondary N) is 2. The molecule has 2 amide bonds. The van der Waals surface area contributed by atoms with Gasteiger partial charge < -0.3 is 10.2 Å². The third-order valence-corrected chi connectivity index (χ3v) is 9.58. The van der Waals surface area contributed by atoms with Crippen LogP contribution in [-0.2, 0) is 27.4 Å². The first-order valence-corrected chi connectivity index (χ1v) is 14.4. The van der Waals surface area contributed by atoms with Crippen LogP contribution in [0.15, 0.2) is 36.4 Å². The van der Waals surface area contributed by atoms with Gasteiger partial charge in [-0.3, -0.25) is 14.9 Å². The number of piperidine rings is 1. The lowest BCUT2D eigenvalue weighted by Gasteiger charge is -2.37. The van der Waals surface area contributed by atoms with Gasteiger partial charge in [0.25, 0.3) is 5.91 Å². The molecule has 2 aliphatic rings. The molecule has 2 aromatic rings. The lowest BCUT2D eigenvalue weighted by atomic mass is 9.88. The first-order valence-electron chi connectivity index (χ1n) is 12.4. The number of amides is 2. The van der Waals surface area contributed by atoms with Crippen LogP contribution in [0.4, 0.5) is 13.2 Å². The Hall–Kier alpha value is -2.67. The van der Waals surface area contributed by atoms with Crippen molar-refractivity contribution in [1.29, 1.82) is 0 Å². The molecule has 0 bridgehead atoms. The molecule has 2 heterocycles. The number of hydrogen-bond donors (Lipinski definition) is 2. The smallest absolute Gasteiger partial charge is 0.345 e.